The topological polar surface area (TPSA) is 66.7 Å². The molecule has 0 saturated carbocycles. The lowest BCUT2D eigenvalue weighted by atomic mass is 9.94. The summed E-state index contributed by atoms with van der Waals surface area (Å²) in [6.07, 6.45) is 0. The van der Waals surface area contributed by atoms with Gasteiger partial charge in [-0.3, -0.25) is 4.79 Å². The fourth-order valence-electron chi connectivity index (χ4n) is 2.03. The van der Waals surface area contributed by atoms with Crippen LogP contribution >= 0.6 is 0 Å². The second kappa shape index (κ2) is 6.21. The second-order valence-electron chi connectivity index (χ2n) is 4.64. The van der Waals surface area contributed by atoms with Gasteiger partial charge in [-0.2, -0.15) is 0 Å². The number of benzene rings is 2. The van der Waals surface area contributed by atoms with Crippen LogP contribution < -0.4 is 0 Å². The van der Waals surface area contributed by atoms with Gasteiger partial charge in [0.1, 0.15) is 5.69 Å². The summed E-state index contributed by atoms with van der Waals surface area (Å²) in [6, 6.07) is 13.6. The van der Waals surface area contributed by atoms with Crippen molar-refractivity contribution in [3.63, 3.8) is 0 Å². The van der Waals surface area contributed by atoms with Crippen LogP contribution in [-0.2, 0) is 0 Å². The number of aliphatic hydroxyl groups excluding tert-OH is 1. The molecule has 0 heterocycles. The van der Waals surface area contributed by atoms with Gasteiger partial charge in [-0.25, -0.2) is 0 Å². The van der Waals surface area contributed by atoms with Crippen molar-refractivity contribution in [1.82, 2.24) is 0 Å². The Balaban J connectivity index is 2.43. The fraction of sp³-hybridized carbons (Fsp3) is 0.188. The Morgan fingerprint density at radius 2 is 1.85 bits per heavy atom. The Morgan fingerprint density at radius 1 is 1.15 bits per heavy atom. The molecule has 2 aromatic rings. The van der Waals surface area contributed by atoms with Crippen LogP contribution in [-0.4, -0.2) is 17.5 Å². The van der Waals surface area contributed by atoms with E-state index in [-0.39, 0.29) is 24.0 Å². The van der Waals surface area contributed by atoms with Crippen LogP contribution in [0.25, 0.3) is 0 Å². The third kappa shape index (κ3) is 2.81. The summed E-state index contributed by atoms with van der Waals surface area (Å²) >= 11 is 0. The minimum absolute atomic E-state index is 0.106. The highest BCUT2D eigenvalue weighted by Crippen LogP contribution is 2.28. The molecular formula is C16H15NO3. The molecule has 0 aromatic heterocycles. The van der Waals surface area contributed by atoms with Crippen molar-refractivity contribution < 1.29 is 9.90 Å². The van der Waals surface area contributed by atoms with Crippen molar-refractivity contribution in [2.24, 2.45) is 5.18 Å². The largest absolute Gasteiger partial charge is 0.396 e. The maximum absolute atomic E-state index is 12.3. The molecule has 0 saturated heterocycles. The van der Waals surface area contributed by atoms with Gasteiger partial charge in [0.25, 0.3) is 0 Å². The molecule has 1 unspecified atom stereocenters. The average Bonchev–Trinajstić information content (AvgIpc) is 2.53. The van der Waals surface area contributed by atoms with Gasteiger partial charge < -0.3 is 5.11 Å². The second-order valence-corrected chi connectivity index (χ2v) is 4.64. The van der Waals surface area contributed by atoms with Gasteiger partial charge in [0.2, 0.25) is 0 Å². The Labute approximate surface area is 117 Å². The zero-order valence-corrected chi connectivity index (χ0v) is 11.1. The number of carbonyl (C=O) groups excluding carboxylic acids is 1. The molecule has 0 aliphatic carbocycles. The fourth-order valence-corrected chi connectivity index (χ4v) is 2.03. The predicted octanol–water partition coefficient (Wildman–Crippen LogP) is 3.41. The standard InChI is InChI=1S/C16H15NO3/c1-11(10-18)14-9-13(7-8-15(14)17-20)16(19)12-5-3-2-4-6-12/h2-9,11,18H,10H2,1H3. The highest BCUT2D eigenvalue weighted by Gasteiger charge is 2.15. The van der Waals surface area contributed by atoms with Crippen molar-refractivity contribution in [3.8, 4) is 0 Å². The quantitative estimate of drug-likeness (QED) is 0.668. The molecule has 1 atom stereocenters. The third-order valence-electron chi connectivity index (χ3n) is 3.23. The molecule has 4 nitrogen and oxygen atoms in total. The zero-order valence-electron chi connectivity index (χ0n) is 11.1. The first kappa shape index (κ1) is 14.1. The predicted molar refractivity (Wildman–Crippen MR) is 77.3 cm³/mol. The molecule has 1 N–H and O–H groups in total. The van der Waals surface area contributed by atoms with Gasteiger partial charge >= 0.3 is 0 Å². The smallest absolute Gasteiger partial charge is 0.193 e. The molecule has 0 spiro atoms. The van der Waals surface area contributed by atoms with Gasteiger partial charge in [-0.05, 0) is 28.9 Å². The number of ketones is 1. The van der Waals surface area contributed by atoms with E-state index in [4.69, 9.17) is 0 Å². The summed E-state index contributed by atoms with van der Waals surface area (Å²) in [5, 5.41) is 12.2. The highest BCUT2D eigenvalue weighted by molar-refractivity contribution is 6.09. The number of nitroso groups, excluding NO2 is 1. The van der Waals surface area contributed by atoms with Gasteiger partial charge in [-0.15, -0.1) is 4.91 Å². The number of nitrogens with zero attached hydrogens (tertiary/aromatic N) is 1. The van der Waals surface area contributed by atoms with E-state index in [1.165, 1.54) is 6.07 Å². The summed E-state index contributed by atoms with van der Waals surface area (Å²) < 4.78 is 0. The first-order valence-electron chi connectivity index (χ1n) is 6.35. The highest BCUT2D eigenvalue weighted by atomic mass is 16.3. The first-order chi connectivity index (χ1) is 9.67. The van der Waals surface area contributed by atoms with E-state index in [9.17, 15) is 14.8 Å². The molecule has 0 bridgehead atoms. The number of aliphatic hydroxyl groups is 1. The van der Waals surface area contributed by atoms with Crippen molar-refractivity contribution in [2.75, 3.05) is 6.61 Å². The molecular weight excluding hydrogens is 254 g/mol. The van der Waals surface area contributed by atoms with E-state index in [0.717, 1.165) is 0 Å². The summed E-state index contributed by atoms with van der Waals surface area (Å²) in [5.41, 5.74) is 1.92. The SMILES string of the molecule is CC(CO)c1cc(C(=O)c2ccccc2)ccc1N=O. The van der Waals surface area contributed by atoms with E-state index in [2.05, 4.69) is 5.18 Å². The maximum Gasteiger partial charge on any atom is 0.193 e. The lowest BCUT2D eigenvalue weighted by Gasteiger charge is -2.11. The molecule has 4 heteroatoms. The number of rotatable bonds is 5. The van der Waals surface area contributed by atoms with Crippen LogP contribution in [0, 0.1) is 4.91 Å². The van der Waals surface area contributed by atoms with E-state index in [1.54, 1.807) is 43.3 Å². The van der Waals surface area contributed by atoms with Crippen molar-refractivity contribution >= 4 is 11.5 Å². The first-order valence-corrected chi connectivity index (χ1v) is 6.35. The Kier molecular flexibility index (Phi) is 4.38. The van der Waals surface area contributed by atoms with Crippen LogP contribution in [0.15, 0.2) is 53.7 Å². The van der Waals surface area contributed by atoms with Crippen LogP contribution in [0.4, 0.5) is 5.69 Å². The number of carbonyl (C=O) groups is 1. The van der Waals surface area contributed by atoms with Crippen LogP contribution in [0.1, 0.15) is 34.3 Å². The van der Waals surface area contributed by atoms with Gasteiger partial charge in [0, 0.05) is 23.7 Å². The van der Waals surface area contributed by atoms with E-state index >= 15 is 0 Å². The summed E-state index contributed by atoms with van der Waals surface area (Å²) in [4.78, 5) is 23.1. The Hall–Kier alpha value is -2.33. The summed E-state index contributed by atoms with van der Waals surface area (Å²) in [6.45, 7) is 1.67. The molecule has 0 radical (unpaired) electrons. The molecule has 102 valence electrons. The zero-order chi connectivity index (χ0) is 14.5. The summed E-state index contributed by atoms with van der Waals surface area (Å²) in [7, 11) is 0. The van der Waals surface area contributed by atoms with Gasteiger partial charge in [-0.1, -0.05) is 37.3 Å². The third-order valence-corrected chi connectivity index (χ3v) is 3.23. The molecule has 0 fully saturated rings. The van der Waals surface area contributed by atoms with Crippen molar-refractivity contribution in [2.45, 2.75) is 12.8 Å². The van der Waals surface area contributed by atoms with Gasteiger partial charge in [0.15, 0.2) is 5.78 Å². The molecule has 20 heavy (non-hydrogen) atoms. The molecule has 0 aliphatic heterocycles. The lowest BCUT2D eigenvalue weighted by Crippen LogP contribution is -2.05. The van der Waals surface area contributed by atoms with Gasteiger partial charge in [0.05, 0.1) is 0 Å². The van der Waals surface area contributed by atoms with E-state index < -0.39 is 0 Å². The van der Waals surface area contributed by atoms with Crippen LogP contribution in [0.3, 0.4) is 0 Å². The summed E-state index contributed by atoms with van der Waals surface area (Å²) in [5.74, 6) is -0.360. The number of hydrogen-bond acceptors (Lipinski definition) is 4. The molecule has 2 aromatic carbocycles. The maximum atomic E-state index is 12.3. The van der Waals surface area contributed by atoms with Crippen molar-refractivity contribution in [3.05, 3.63) is 70.1 Å². The molecule has 0 aliphatic rings. The van der Waals surface area contributed by atoms with Crippen LogP contribution in [0.2, 0.25) is 0 Å². The number of hydrogen-bond donors (Lipinski definition) is 1. The van der Waals surface area contributed by atoms with E-state index in [0.29, 0.717) is 16.7 Å². The van der Waals surface area contributed by atoms with Crippen LogP contribution in [0.5, 0.6) is 0 Å². The van der Waals surface area contributed by atoms with E-state index in [1.807, 2.05) is 6.07 Å². The Bertz CT molecular complexity index is 623. The lowest BCUT2D eigenvalue weighted by molar-refractivity contribution is 0.103. The monoisotopic (exact) mass is 269 g/mol. The Morgan fingerprint density at radius 3 is 2.45 bits per heavy atom. The average molecular weight is 269 g/mol. The minimum Gasteiger partial charge on any atom is -0.396 e. The van der Waals surface area contributed by atoms with Crippen molar-refractivity contribution in [1.29, 1.82) is 0 Å². The molecule has 0 amide bonds. The molecule has 2 rings (SSSR count). The minimum atomic E-state index is -0.244. The normalized spacial score (nSPS) is 11.9.